The van der Waals surface area contributed by atoms with Crippen LogP contribution < -0.4 is 15.5 Å². The predicted molar refractivity (Wildman–Crippen MR) is 129 cm³/mol. The molecular weight excluding hydrogens is 386 g/mol. The average Bonchev–Trinajstić information content (AvgIpc) is 2.82. The highest BCUT2D eigenvalue weighted by Gasteiger charge is 2.28. The number of ether oxygens (including phenoxy) is 1. The van der Waals surface area contributed by atoms with Crippen LogP contribution >= 0.6 is 0 Å². The minimum absolute atomic E-state index is 0.520. The molecule has 0 radical (unpaired) electrons. The summed E-state index contributed by atoms with van der Waals surface area (Å²) in [6, 6.07) is 8.57. The van der Waals surface area contributed by atoms with E-state index in [4.69, 9.17) is 14.7 Å². The lowest BCUT2D eigenvalue weighted by Gasteiger charge is -2.33. The zero-order valence-corrected chi connectivity index (χ0v) is 19.1. The van der Waals surface area contributed by atoms with Gasteiger partial charge >= 0.3 is 0 Å². The van der Waals surface area contributed by atoms with E-state index in [0.717, 1.165) is 30.4 Å². The summed E-state index contributed by atoms with van der Waals surface area (Å²) in [6.07, 6.45) is 10.2. The first kappa shape index (κ1) is 21.9. The second-order valence-corrected chi connectivity index (χ2v) is 8.93. The van der Waals surface area contributed by atoms with Crippen molar-refractivity contribution in [3.63, 3.8) is 0 Å². The van der Waals surface area contributed by atoms with E-state index in [0.29, 0.717) is 25.0 Å². The first-order chi connectivity index (χ1) is 15.2. The number of hydrogen-bond acceptors (Lipinski definition) is 6. The lowest BCUT2D eigenvalue weighted by atomic mass is 9.84. The van der Waals surface area contributed by atoms with Crippen molar-refractivity contribution >= 4 is 23.3 Å². The van der Waals surface area contributed by atoms with Gasteiger partial charge in [0.15, 0.2) is 0 Å². The maximum absolute atomic E-state index is 5.22. The Hall–Kier alpha value is -2.34. The van der Waals surface area contributed by atoms with Crippen LogP contribution in [0.4, 0.5) is 23.3 Å². The largest absolute Gasteiger partial charge is 0.383 e. The van der Waals surface area contributed by atoms with E-state index in [2.05, 4.69) is 46.7 Å². The summed E-state index contributed by atoms with van der Waals surface area (Å²) in [5.74, 6) is 3.31. The molecule has 1 aromatic heterocycles. The van der Waals surface area contributed by atoms with Gasteiger partial charge in [-0.2, -0.15) is 9.97 Å². The predicted octanol–water partition coefficient (Wildman–Crippen LogP) is 5.62. The van der Waals surface area contributed by atoms with Gasteiger partial charge in [0.1, 0.15) is 11.6 Å². The van der Waals surface area contributed by atoms with Crippen LogP contribution in [0.15, 0.2) is 24.3 Å². The van der Waals surface area contributed by atoms with Crippen molar-refractivity contribution in [3.05, 3.63) is 35.4 Å². The Bertz CT molecular complexity index is 827. The maximum atomic E-state index is 5.22. The smallest absolute Gasteiger partial charge is 0.226 e. The number of nitrogens with zero attached hydrogens (tertiary/aromatic N) is 3. The van der Waals surface area contributed by atoms with Crippen molar-refractivity contribution in [3.8, 4) is 0 Å². The van der Waals surface area contributed by atoms with Crippen LogP contribution in [0.3, 0.4) is 0 Å². The second-order valence-electron chi connectivity index (χ2n) is 8.93. The minimum atomic E-state index is 0.520. The molecular formula is C25H37N5O. The summed E-state index contributed by atoms with van der Waals surface area (Å²) in [7, 11) is 1.72. The number of rotatable bonds is 8. The van der Waals surface area contributed by atoms with Crippen molar-refractivity contribution in [1.82, 2.24) is 9.97 Å². The van der Waals surface area contributed by atoms with Gasteiger partial charge in [0.2, 0.25) is 5.95 Å². The minimum Gasteiger partial charge on any atom is -0.383 e. The number of aromatic nitrogens is 2. The fourth-order valence-corrected chi connectivity index (χ4v) is 4.78. The van der Waals surface area contributed by atoms with Crippen molar-refractivity contribution in [2.24, 2.45) is 0 Å². The van der Waals surface area contributed by atoms with Gasteiger partial charge < -0.3 is 20.3 Å². The van der Waals surface area contributed by atoms with Gasteiger partial charge in [-0.1, -0.05) is 37.0 Å². The molecule has 1 saturated carbocycles. The molecule has 0 amide bonds. The molecule has 2 N–H and O–H groups in total. The van der Waals surface area contributed by atoms with Crippen LogP contribution in [0.1, 0.15) is 68.4 Å². The van der Waals surface area contributed by atoms with Crippen LogP contribution in [0.5, 0.6) is 0 Å². The Morgan fingerprint density at radius 3 is 2.39 bits per heavy atom. The van der Waals surface area contributed by atoms with Gasteiger partial charge in [0, 0.05) is 38.0 Å². The van der Waals surface area contributed by atoms with E-state index >= 15 is 0 Å². The number of anilines is 4. The maximum Gasteiger partial charge on any atom is 0.226 e. The van der Waals surface area contributed by atoms with Gasteiger partial charge in [-0.15, -0.1) is 0 Å². The van der Waals surface area contributed by atoms with Crippen LogP contribution in [0, 0.1) is 6.92 Å². The average molecular weight is 424 g/mol. The fraction of sp³-hybridized carbons (Fsp3) is 0.600. The molecule has 0 spiro atoms. The molecule has 6 heteroatoms. The van der Waals surface area contributed by atoms with Crippen LogP contribution in [0.2, 0.25) is 0 Å². The molecule has 1 aliphatic heterocycles. The lowest BCUT2D eigenvalue weighted by molar-refractivity contribution is 0.210. The highest BCUT2D eigenvalue weighted by atomic mass is 16.5. The molecule has 0 bridgehead atoms. The SMILES string of the molecule is COCCNc1nc(Nc2ccc(C)cc2)c(C2CCCCC2)c(N2CCCCC2)n1. The quantitative estimate of drug-likeness (QED) is 0.537. The Morgan fingerprint density at radius 2 is 1.68 bits per heavy atom. The normalized spacial score (nSPS) is 17.5. The number of aryl methyl sites for hydroxylation is 1. The summed E-state index contributed by atoms with van der Waals surface area (Å²) in [5.41, 5.74) is 3.66. The van der Waals surface area contributed by atoms with E-state index in [-0.39, 0.29) is 0 Å². The molecule has 6 nitrogen and oxygen atoms in total. The molecule has 2 fully saturated rings. The Morgan fingerprint density at radius 1 is 0.968 bits per heavy atom. The first-order valence-electron chi connectivity index (χ1n) is 12.0. The third-order valence-electron chi connectivity index (χ3n) is 6.50. The Kier molecular flexibility index (Phi) is 7.62. The van der Waals surface area contributed by atoms with Gasteiger partial charge in [0.05, 0.1) is 6.61 Å². The molecule has 2 heterocycles. The molecule has 2 aromatic rings. The third-order valence-corrected chi connectivity index (χ3v) is 6.50. The number of benzene rings is 1. The van der Waals surface area contributed by atoms with Gasteiger partial charge in [0.25, 0.3) is 0 Å². The Balaban J connectivity index is 1.75. The van der Waals surface area contributed by atoms with Gasteiger partial charge in [-0.25, -0.2) is 0 Å². The van der Waals surface area contributed by atoms with Crippen molar-refractivity contribution in [2.75, 3.05) is 48.9 Å². The third kappa shape index (κ3) is 5.67. The number of methoxy groups -OCH3 is 1. The van der Waals surface area contributed by atoms with E-state index in [1.807, 2.05) is 0 Å². The zero-order chi connectivity index (χ0) is 21.5. The summed E-state index contributed by atoms with van der Waals surface area (Å²) in [4.78, 5) is 12.5. The number of hydrogen-bond donors (Lipinski definition) is 2. The van der Waals surface area contributed by atoms with E-state index in [1.165, 1.54) is 62.5 Å². The summed E-state index contributed by atoms with van der Waals surface area (Å²) in [6.45, 7) is 5.61. The van der Waals surface area contributed by atoms with E-state index in [9.17, 15) is 0 Å². The Labute approximate surface area is 186 Å². The molecule has 31 heavy (non-hydrogen) atoms. The molecule has 1 saturated heterocycles. The summed E-state index contributed by atoms with van der Waals surface area (Å²) < 4.78 is 5.22. The molecule has 0 atom stereocenters. The van der Waals surface area contributed by atoms with E-state index < -0.39 is 0 Å². The highest BCUT2D eigenvalue weighted by Crippen LogP contribution is 2.42. The van der Waals surface area contributed by atoms with E-state index in [1.54, 1.807) is 7.11 Å². The van der Waals surface area contributed by atoms with Crippen molar-refractivity contribution in [1.29, 1.82) is 0 Å². The van der Waals surface area contributed by atoms with Gasteiger partial charge in [-0.05, 0) is 57.1 Å². The summed E-state index contributed by atoms with van der Waals surface area (Å²) >= 11 is 0. The number of piperidine rings is 1. The molecule has 1 aliphatic carbocycles. The molecule has 4 rings (SSSR count). The van der Waals surface area contributed by atoms with Gasteiger partial charge in [-0.3, -0.25) is 0 Å². The van der Waals surface area contributed by atoms with Crippen LogP contribution in [-0.2, 0) is 4.74 Å². The van der Waals surface area contributed by atoms with Crippen LogP contribution in [0.25, 0.3) is 0 Å². The molecule has 2 aliphatic rings. The monoisotopic (exact) mass is 423 g/mol. The summed E-state index contributed by atoms with van der Waals surface area (Å²) in [5, 5.41) is 7.03. The molecule has 0 unspecified atom stereocenters. The second kappa shape index (κ2) is 10.8. The standard InChI is InChI=1S/C25H37N5O/c1-19-11-13-21(14-12-19)27-23-22(20-9-5-3-6-10-20)24(30-16-7-4-8-17-30)29-25(28-23)26-15-18-31-2/h11-14,20H,3-10,15-18H2,1-2H3,(H2,26,27,28,29). The fourth-order valence-electron chi connectivity index (χ4n) is 4.78. The first-order valence-corrected chi connectivity index (χ1v) is 12.0. The van der Waals surface area contributed by atoms with Crippen molar-refractivity contribution in [2.45, 2.75) is 64.2 Å². The zero-order valence-electron chi connectivity index (χ0n) is 19.1. The topological polar surface area (TPSA) is 62.3 Å². The highest BCUT2D eigenvalue weighted by molar-refractivity contribution is 5.69. The van der Waals surface area contributed by atoms with Crippen molar-refractivity contribution < 1.29 is 4.74 Å². The lowest BCUT2D eigenvalue weighted by Crippen LogP contribution is -2.32. The molecule has 168 valence electrons. The van der Waals surface area contributed by atoms with Crippen LogP contribution in [-0.4, -0.2) is 43.3 Å². The molecule has 1 aromatic carbocycles. The number of nitrogens with one attached hydrogen (secondary N) is 2.